The number of pyridine rings is 1. The van der Waals surface area contributed by atoms with E-state index in [4.69, 9.17) is 5.26 Å². The van der Waals surface area contributed by atoms with Crippen molar-refractivity contribution in [3.05, 3.63) is 102 Å². The number of nitrogens with one attached hydrogen (secondary N) is 2. The molecule has 0 radical (unpaired) electrons. The molecule has 0 aliphatic rings. The standard InChI is InChI=1S/C27H25FN6O/c1-18(23-10-8-19(13-29)12-24(23)28)14-31-26(20-6-4-3-5-7-20)27(35)33-25-11-9-21(15-30-25)22-16-32-34(2)17-22/h3-12,15-18,26,31H,14H2,1-2H3,(H,30,33,35)/t18-,26+/m1/s1. The van der Waals surface area contributed by atoms with Crippen LogP contribution in [0.4, 0.5) is 10.2 Å². The molecule has 0 aliphatic heterocycles. The Balaban J connectivity index is 1.48. The highest BCUT2D eigenvalue weighted by atomic mass is 19.1. The zero-order chi connectivity index (χ0) is 24.8. The number of aromatic nitrogens is 3. The molecule has 0 saturated heterocycles. The Hall–Kier alpha value is -4.35. The van der Waals surface area contributed by atoms with Gasteiger partial charge in [-0.15, -0.1) is 0 Å². The Morgan fingerprint density at radius 1 is 1.11 bits per heavy atom. The fraction of sp³-hybridized carbons (Fsp3) is 0.185. The summed E-state index contributed by atoms with van der Waals surface area (Å²) in [5.41, 5.74) is 3.37. The van der Waals surface area contributed by atoms with E-state index in [-0.39, 0.29) is 17.4 Å². The lowest BCUT2D eigenvalue weighted by atomic mass is 9.98. The molecule has 2 N–H and O–H groups in total. The van der Waals surface area contributed by atoms with Gasteiger partial charge < -0.3 is 10.6 Å². The van der Waals surface area contributed by atoms with Gasteiger partial charge in [-0.05, 0) is 41.3 Å². The molecule has 0 saturated carbocycles. The highest BCUT2D eigenvalue weighted by Gasteiger charge is 2.22. The van der Waals surface area contributed by atoms with Crippen molar-refractivity contribution in [3.8, 4) is 17.2 Å². The van der Waals surface area contributed by atoms with Gasteiger partial charge in [0.1, 0.15) is 17.7 Å². The van der Waals surface area contributed by atoms with Crippen molar-refractivity contribution in [1.82, 2.24) is 20.1 Å². The van der Waals surface area contributed by atoms with Crippen LogP contribution in [0, 0.1) is 17.1 Å². The highest BCUT2D eigenvalue weighted by Crippen LogP contribution is 2.23. The summed E-state index contributed by atoms with van der Waals surface area (Å²) >= 11 is 0. The number of amides is 1. The summed E-state index contributed by atoms with van der Waals surface area (Å²) in [5, 5.41) is 19.3. The minimum absolute atomic E-state index is 0.223. The third-order valence-electron chi connectivity index (χ3n) is 5.74. The number of benzene rings is 2. The number of rotatable bonds is 8. The van der Waals surface area contributed by atoms with Crippen molar-refractivity contribution in [3.63, 3.8) is 0 Å². The van der Waals surface area contributed by atoms with Crippen LogP contribution in [-0.2, 0) is 11.8 Å². The SMILES string of the molecule is C[C@H](CN[C@H](C(=O)Nc1ccc(-c2cnn(C)c2)cn1)c1ccccc1)c1ccc(C#N)cc1F. The second kappa shape index (κ2) is 10.7. The van der Waals surface area contributed by atoms with E-state index in [1.54, 1.807) is 35.3 Å². The van der Waals surface area contributed by atoms with Crippen LogP contribution in [0.2, 0.25) is 0 Å². The maximum Gasteiger partial charge on any atom is 0.247 e. The third kappa shape index (κ3) is 5.78. The number of carbonyl (C=O) groups excluding carboxylic acids is 1. The second-order valence-corrected chi connectivity index (χ2v) is 8.33. The van der Waals surface area contributed by atoms with Crippen LogP contribution in [0.15, 0.2) is 79.3 Å². The number of hydrogen-bond donors (Lipinski definition) is 2. The average Bonchev–Trinajstić information content (AvgIpc) is 3.31. The largest absolute Gasteiger partial charge is 0.309 e. The second-order valence-electron chi connectivity index (χ2n) is 8.33. The summed E-state index contributed by atoms with van der Waals surface area (Å²) in [5.74, 6) is -0.502. The monoisotopic (exact) mass is 468 g/mol. The maximum absolute atomic E-state index is 14.5. The molecular formula is C27H25FN6O. The van der Waals surface area contributed by atoms with Gasteiger partial charge >= 0.3 is 0 Å². The van der Waals surface area contributed by atoms with E-state index in [1.807, 2.05) is 62.6 Å². The lowest BCUT2D eigenvalue weighted by molar-refractivity contribution is -0.118. The Labute approximate surface area is 203 Å². The first kappa shape index (κ1) is 23.8. The Morgan fingerprint density at radius 3 is 2.54 bits per heavy atom. The molecule has 7 nitrogen and oxygen atoms in total. The summed E-state index contributed by atoms with van der Waals surface area (Å²) in [6.45, 7) is 2.22. The summed E-state index contributed by atoms with van der Waals surface area (Å²) in [6.07, 6.45) is 5.33. The van der Waals surface area contributed by atoms with Crippen LogP contribution in [0.5, 0.6) is 0 Å². The fourth-order valence-electron chi connectivity index (χ4n) is 3.82. The summed E-state index contributed by atoms with van der Waals surface area (Å²) in [6, 6.07) is 18.7. The number of halogens is 1. The van der Waals surface area contributed by atoms with E-state index in [9.17, 15) is 9.18 Å². The van der Waals surface area contributed by atoms with Crippen molar-refractivity contribution < 1.29 is 9.18 Å². The van der Waals surface area contributed by atoms with Gasteiger partial charge in [-0.2, -0.15) is 10.4 Å². The van der Waals surface area contributed by atoms with E-state index >= 15 is 0 Å². The van der Waals surface area contributed by atoms with Crippen molar-refractivity contribution >= 4 is 11.7 Å². The molecule has 8 heteroatoms. The third-order valence-corrected chi connectivity index (χ3v) is 5.74. The lowest BCUT2D eigenvalue weighted by Gasteiger charge is -2.21. The van der Waals surface area contributed by atoms with Crippen molar-refractivity contribution in [2.75, 3.05) is 11.9 Å². The minimum atomic E-state index is -0.667. The molecule has 4 aromatic rings. The van der Waals surface area contributed by atoms with Crippen LogP contribution in [-0.4, -0.2) is 27.2 Å². The van der Waals surface area contributed by atoms with Gasteiger partial charge in [0.05, 0.1) is 17.8 Å². The topological polar surface area (TPSA) is 95.6 Å². The molecular weight excluding hydrogens is 443 g/mol. The molecule has 2 atom stereocenters. The van der Waals surface area contributed by atoms with Crippen LogP contribution in [0.1, 0.15) is 35.6 Å². The van der Waals surface area contributed by atoms with Gasteiger partial charge in [0.15, 0.2) is 0 Å². The number of nitrogens with zero attached hydrogens (tertiary/aromatic N) is 4. The van der Waals surface area contributed by atoms with Gasteiger partial charge in [0.25, 0.3) is 0 Å². The quantitative estimate of drug-likeness (QED) is 0.395. The number of hydrogen-bond acceptors (Lipinski definition) is 5. The number of anilines is 1. The molecule has 0 aliphatic carbocycles. The zero-order valence-corrected chi connectivity index (χ0v) is 19.4. The predicted octanol–water partition coefficient (Wildman–Crippen LogP) is 4.57. The van der Waals surface area contributed by atoms with Crippen molar-refractivity contribution in [1.29, 1.82) is 5.26 Å². The highest BCUT2D eigenvalue weighted by molar-refractivity contribution is 5.95. The van der Waals surface area contributed by atoms with E-state index < -0.39 is 11.9 Å². The van der Waals surface area contributed by atoms with Crippen molar-refractivity contribution in [2.24, 2.45) is 7.05 Å². The van der Waals surface area contributed by atoms with Crippen LogP contribution >= 0.6 is 0 Å². The number of aryl methyl sites for hydroxylation is 1. The summed E-state index contributed by atoms with van der Waals surface area (Å²) in [4.78, 5) is 17.6. The molecule has 176 valence electrons. The van der Waals surface area contributed by atoms with Crippen LogP contribution in [0.3, 0.4) is 0 Å². The molecule has 0 fully saturated rings. The van der Waals surface area contributed by atoms with Crippen LogP contribution in [0.25, 0.3) is 11.1 Å². The Morgan fingerprint density at radius 2 is 1.91 bits per heavy atom. The van der Waals surface area contributed by atoms with E-state index in [0.717, 1.165) is 16.7 Å². The molecule has 0 unspecified atom stereocenters. The van der Waals surface area contributed by atoms with Gasteiger partial charge in [-0.25, -0.2) is 9.37 Å². The van der Waals surface area contributed by atoms with Gasteiger partial charge in [0, 0.05) is 37.1 Å². The Bertz CT molecular complexity index is 1340. The lowest BCUT2D eigenvalue weighted by Crippen LogP contribution is -2.35. The van der Waals surface area contributed by atoms with Gasteiger partial charge in [0.2, 0.25) is 5.91 Å². The normalized spacial score (nSPS) is 12.5. The van der Waals surface area contributed by atoms with E-state index in [1.165, 1.54) is 6.07 Å². The van der Waals surface area contributed by atoms with Gasteiger partial charge in [-0.3, -0.25) is 9.48 Å². The first-order chi connectivity index (χ1) is 16.9. The first-order valence-electron chi connectivity index (χ1n) is 11.2. The molecule has 0 bridgehead atoms. The smallest absolute Gasteiger partial charge is 0.247 e. The fourth-order valence-corrected chi connectivity index (χ4v) is 3.82. The van der Waals surface area contributed by atoms with Gasteiger partial charge in [-0.1, -0.05) is 43.3 Å². The molecule has 1 amide bonds. The van der Waals surface area contributed by atoms with Crippen molar-refractivity contribution in [2.45, 2.75) is 18.9 Å². The Kier molecular flexibility index (Phi) is 7.29. The minimum Gasteiger partial charge on any atom is -0.309 e. The molecule has 2 heterocycles. The van der Waals surface area contributed by atoms with E-state index in [0.29, 0.717) is 17.9 Å². The molecule has 0 spiro atoms. The molecule has 2 aromatic heterocycles. The van der Waals surface area contributed by atoms with Crippen LogP contribution < -0.4 is 10.6 Å². The predicted molar refractivity (Wildman–Crippen MR) is 132 cm³/mol. The number of nitriles is 1. The number of carbonyl (C=O) groups is 1. The van der Waals surface area contributed by atoms with E-state index in [2.05, 4.69) is 20.7 Å². The average molecular weight is 469 g/mol. The summed E-state index contributed by atoms with van der Waals surface area (Å²) < 4.78 is 16.2. The maximum atomic E-state index is 14.5. The zero-order valence-electron chi connectivity index (χ0n) is 19.4. The molecule has 2 aromatic carbocycles. The first-order valence-corrected chi connectivity index (χ1v) is 11.2. The summed E-state index contributed by atoms with van der Waals surface area (Å²) in [7, 11) is 1.85. The molecule has 4 rings (SSSR count). The molecule has 35 heavy (non-hydrogen) atoms.